The van der Waals surface area contributed by atoms with Gasteiger partial charge in [0.25, 0.3) is 5.79 Å². The van der Waals surface area contributed by atoms with Crippen molar-refractivity contribution in [2.24, 2.45) is 10.8 Å². The van der Waals surface area contributed by atoms with Gasteiger partial charge in [-0.15, -0.1) is 0 Å². The average molecular weight is 365 g/mol. The fraction of sp³-hybridized carbons (Fsp3) is 0.520. The summed E-state index contributed by atoms with van der Waals surface area (Å²) < 4.78 is 13.8. The quantitative estimate of drug-likeness (QED) is 0.533. The van der Waals surface area contributed by atoms with Crippen LogP contribution in [0.5, 0.6) is 11.5 Å². The first kappa shape index (κ1) is 18.4. The fourth-order valence-electron chi connectivity index (χ4n) is 5.26. The topological polar surface area (TPSA) is 18.5 Å². The van der Waals surface area contributed by atoms with Gasteiger partial charge in [0.2, 0.25) is 0 Å². The van der Waals surface area contributed by atoms with Gasteiger partial charge in [-0.1, -0.05) is 91.8 Å². The van der Waals surface area contributed by atoms with Gasteiger partial charge in [0, 0.05) is 22.0 Å². The average Bonchev–Trinajstić information content (AvgIpc) is 2.59. The third kappa shape index (κ3) is 1.92. The molecule has 0 N–H and O–H groups in total. The Morgan fingerprint density at radius 2 is 0.852 bits per heavy atom. The molecule has 2 heterocycles. The molecule has 27 heavy (non-hydrogen) atoms. The van der Waals surface area contributed by atoms with E-state index in [1.54, 1.807) is 0 Å². The summed E-state index contributed by atoms with van der Waals surface area (Å²) in [6, 6.07) is 16.9. The van der Waals surface area contributed by atoms with Gasteiger partial charge in [-0.3, -0.25) is 0 Å². The zero-order valence-corrected chi connectivity index (χ0v) is 17.9. The Labute approximate surface area is 163 Å². The molecule has 2 aromatic carbocycles. The van der Waals surface area contributed by atoms with Crippen LogP contribution in [0.3, 0.4) is 0 Å². The summed E-state index contributed by atoms with van der Waals surface area (Å²) in [5.41, 5.74) is 1.70. The Hall–Kier alpha value is -1.96. The predicted molar refractivity (Wildman–Crippen MR) is 110 cm³/mol. The number of hydrogen-bond donors (Lipinski definition) is 0. The van der Waals surface area contributed by atoms with Crippen LogP contribution in [0.25, 0.3) is 0 Å². The lowest BCUT2D eigenvalue weighted by molar-refractivity contribution is -0.307. The van der Waals surface area contributed by atoms with Gasteiger partial charge in [-0.25, -0.2) is 0 Å². The number of ether oxygens (including phenoxy) is 2. The van der Waals surface area contributed by atoms with E-state index in [2.05, 4.69) is 104 Å². The van der Waals surface area contributed by atoms with Gasteiger partial charge >= 0.3 is 0 Å². The second-order valence-electron chi connectivity index (χ2n) is 10.3. The minimum Gasteiger partial charge on any atom is -0.451 e. The predicted octanol–water partition coefficient (Wildman–Crippen LogP) is 6.48. The third-order valence-electron chi connectivity index (χ3n) is 8.40. The molecule has 144 valence electrons. The molecule has 0 aliphatic carbocycles. The van der Waals surface area contributed by atoms with Gasteiger partial charge in [-0.2, -0.15) is 0 Å². The highest BCUT2D eigenvalue weighted by molar-refractivity contribution is 5.49. The van der Waals surface area contributed by atoms with Crippen LogP contribution in [0.1, 0.15) is 66.5 Å². The highest BCUT2D eigenvalue weighted by Crippen LogP contribution is 2.67. The van der Waals surface area contributed by atoms with E-state index < -0.39 is 5.79 Å². The molecular formula is C25H32O2. The largest absolute Gasteiger partial charge is 0.451 e. The smallest absolute Gasteiger partial charge is 0.262 e. The van der Waals surface area contributed by atoms with Crippen LogP contribution in [-0.2, 0) is 10.8 Å². The van der Waals surface area contributed by atoms with Crippen molar-refractivity contribution in [2.45, 2.75) is 72.0 Å². The van der Waals surface area contributed by atoms with Crippen LogP contribution < -0.4 is 9.47 Å². The van der Waals surface area contributed by atoms with Crippen molar-refractivity contribution in [3.63, 3.8) is 0 Å². The summed E-state index contributed by atoms with van der Waals surface area (Å²) >= 11 is 0. The second kappa shape index (κ2) is 5.10. The first-order valence-corrected chi connectivity index (χ1v) is 9.97. The van der Waals surface area contributed by atoms with Crippen molar-refractivity contribution in [2.75, 3.05) is 0 Å². The molecule has 0 radical (unpaired) electrons. The third-order valence-corrected chi connectivity index (χ3v) is 8.40. The van der Waals surface area contributed by atoms with E-state index in [1.807, 2.05) is 0 Å². The van der Waals surface area contributed by atoms with Crippen LogP contribution >= 0.6 is 0 Å². The van der Waals surface area contributed by atoms with E-state index in [0.717, 1.165) is 11.5 Å². The SMILES string of the molecule is CC1(C)c2ccccc2OC2(Oc3ccccc3C(C)(C)C2(C)C)C1(C)C. The maximum Gasteiger partial charge on any atom is 0.262 e. The van der Waals surface area contributed by atoms with E-state index in [4.69, 9.17) is 9.47 Å². The molecule has 2 heteroatoms. The van der Waals surface area contributed by atoms with Gasteiger partial charge in [0.1, 0.15) is 11.5 Å². The summed E-state index contributed by atoms with van der Waals surface area (Å²) in [4.78, 5) is 0. The zero-order valence-electron chi connectivity index (χ0n) is 17.9. The Kier molecular flexibility index (Phi) is 3.47. The molecule has 4 rings (SSSR count). The Balaban J connectivity index is 2.06. The lowest BCUT2D eigenvalue weighted by atomic mass is 9.47. The summed E-state index contributed by atoms with van der Waals surface area (Å²) in [7, 11) is 0. The summed E-state index contributed by atoms with van der Waals surface area (Å²) in [6.07, 6.45) is 0. The van der Waals surface area contributed by atoms with Crippen molar-refractivity contribution in [3.05, 3.63) is 59.7 Å². The molecule has 0 fully saturated rings. The van der Waals surface area contributed by atoms with Gasteiger partial charge in [-0.05, 0) is 12.1 Å². The molecule has 1 spiro atoms. The molecule has 0 atom stereocenters. The van der Waals surface area contributed by atoms with E-state index in [0.29, 0.717) is 0 Å². The van der Waals surface area contributed by atoms with Crippen LogP contribution in [0.2, 0.25) is 0 Å². The monoisotopic (exact) mass is 364 g/mol. The maximum absolute atomic E-state index is 6.90. The molecule has 2 aliphatic heterocycles. The molecular weight excluding hydrogens is 332 g/mol. The van der Waals surface area contributed by atoms with Crippen molar-refractivity contribution < 1.29 is 9.47 Å². The summed E-state index contributed by atoms with van der Waals surface area (Å²) in [5, 5.41) is 0. The summed E-state index contributed by atoms with van der Waals surface area (Å²) in [5.74, 6) is 1.07. The molecule has 0 bridgehead atoms. The fourth-order valence-corrected chi connectivity index (χ4v) is 5.26. The standard InChI is InChI=1S/C25H32O2/c1-21(2)17-13-9-11-15-19(17)26-25(23(21,5)6)24(7,8)22(3,4)18-14-10-12-16-20(18)27-25/h9-16H,1-8H3. The summed E-state index contributed by atoms with van der Waals surface area (Å²) in [6.45, 7) is 18.5. The minimum atomic E-state index is -0.796. The lowest BCUT2D eigenvalue weighted by Gasteiger charge is -2.67. The molecule has 0 saturated carbocycles. The van der Waals surface area contributed by atoms with Crippen LogP contribution in [0.4, 0.5) is 0 Å². The number of fused-ring (bicyclic) bond motifs is 2. The number of hydrogen-bond acceptors (Lipinski definition) is 2. The van der Waals surface area contributed by atoms with Crippen molar-refractivity contribution in [3.8, 4) is 11.5 Å². The van der Waals surface area contributed by atoms with Gasteiger partial charge < -0.3 is 9.47 Å². The Morgan fingerprint density at radius 1 is 0.519 bits per heavy atom. The first-order valence-electron chi connectivity index (χ1n) is 9.97. The molecule has 0 saturated heterocycles. The normalized spacial score (nSPS) is 24.9. The number of benzene rings is 2. The van der Waals surface area contributed by atoms with Crippen LogP contribution in [0.15, 0.2) is 48.5 Å². The molecule has 0 unspecified atom stereocenters. The zero-order chi connectivity index (χ0) is 19.9. The lowest BCUT2D eigenvalue weighted by Crippen LogP contribution is -2.75. The van der Waals surface area contributed by atoms with Crippen molar-refractivity contribution in [1.29, 1.82) is 0 Å². The van der Waals surface area contributed by atoms with Gasteiger partial charge in [0.15, 0.2) is 0 Å². The maximum atomic E-state index is 6.90. The molecule has 2 aromatic rings. The molecule has 2 aliphatic rings. The highest BCUT2D eigenvalue weighted by Gasteiger charge is 2.73. The number of rotatable bonds is 0. The molecule has 0 amide bonds. The highest BCUT2D eigenvalue weighted by atomic mass is 16.7. The Morgan fingerprint density at radius 3 is 1.22 bits per heavy atom. The van der Waals surface area contributed by atoms with Crippen molar-refractivity contribution >= 4 is 0 Å². The Bertz CT molecular complexity index is 827. The van der Waals surface area contributed by atoms with Gasteiger partial charge in [0.05, 0.1) is 10.8 Å². The minimum absolute atomic E-state index is 0.124. The van der Waals surface area contributed by atoms with E-state index in [9.17, 15) is 0 Å². The van der Waals surface area contributed by atoms with Crippen LogP contribution in [0, 0.1) is 10.8 Å². The van der Waals surface area contributed by atoms with E-state index in [-0.39, 0.29) is 21.7 Å². The van der Waals surface area contributed by atoms with E-state index in [1.165, 1.54) is 11.1 Å². The van der Waals surface area contributed by atoms with Crippen LogP contribution in [-0.4, -0.2) is 5.79 Å². The van der Waals surface area contributed by atoms with Crippen molar-refractivity contribution in [1.82, 2.24) is 0 Å². The first-order chi connectivity index (χ1) is 12.4. The molecule has 0 aromatic heterocycles. The molecule has 2 nitrogen and oxygen atoms in total. The van der Waals surface area contributed by atoms with E-state index >= 15 is 0 Å². The second-order valence-corrected chi connectivity index (χ2v) is 10.3. The number of para-hydroxylation sites is 2.